The Kier molecular flexibility index (Phi) is 10.7. The molecule has 0 heterocycles. The summed E-state index contributed by atoms with van der Waals surface area (Å²) < 4.78 is 0. The van der Waals surface area contributed by atoms with Crippen LogP contribution in [0.1, 0.15) is 6.92 Å². The Morgan fingerprint density at radius 2 is 1.83 bits per heavy atom. The minimum absolute atomic E-state index is 1.20. The van der Waals surface area contributed by atoms with Crippen LogP contribution in [-0.4, -0.2) is 22.3 Å². The lowest BCUT2D eigenvalue weighted by molar-refractivity contribution is -0.144. The van der Waals surface area contributed by atoms with Gasteiger partial charge in [0.2, 0.25) is 0 Å². The maximum atomic E-state index is 9.79. The zero-order chi connectivity index (χ0) is 9.98. The van der Waals surface area contributed by atoms with Gasteiger partial charge in [-0.1, -0.05) is 31.4 Å². The highest BCUT2D eigenvalue weighted by Crippen LogP contribution is 1.83. The van der Waals surface area contributed by atoms with E-state index in [1.165, 1.54) is 12.2 Å². The molecule has 0 bridgehead atoms. The fourth-order valence-corrected chi connectivity index (χ4v) is 0.265. The quantitative estimate of drug-likeness (QED) is 0.496. The monoisotopic (exact) mass is 170 g/mol. The molecule has 3 nitrogen and oxygen atoms in total. The summed E-state index contributed by atoms with van der Waals surface area (Å²) in [6, 6.07) is 0. The van der Waals surface area contributed by atoms with E-state index in [1.807, 2.05) is 0 Å². The molecular weight excluding hydrogens is 156 g/mol. The van der Waals surface area contributed by atoms with Crippen LogP contribution < -0.4 is 0 Å². The SMILES string of the molecule is C/C=C/C(O)C(=O)O.C=CC=C. The molecule has 3 heteroatoms. The lowest BCUT2D eigenvalue weighted by Crippen LogP contribution is -2.15. The Bertz CT molecular complexity index is 165. The maximum Gasteiger partial charge on any atom is 0.336 e. The zero-order valence-corrected chi connectivity index (χ0v) is 7.10. The van der Waals surface area contributed by atoms with Crippen LogP contribution in [0.15, 0.2) is 37.5 Å². The third-order valence-electron chi connectivity index (χ3n) is 0.794. The second-order valence-corrected chi connectivity index (χ2v) is 1.78. The minimum Gasteiger partial charge on any atom is -0.479 e. The van der Waals surface area contributed by atoms with E-state index < -0.39 is 12.1 Å². The van der Waals surface area contributed by atoms with E-state index in [9.17, 15) is 4.79 Å². The number of allylic oxidation sites excluding steroid dienone is 3. The van der Waals surface area contributed by atoms with Crippen LogP contribution in [0.3, 0.4) is 0 Å². The van der Waals surface area contributed by atoms with Gasteiger partial charge in [-0.2, -0.15) is 0 Å². The molecule has 0 aliphatic rings. The highest BCUT2D eigenvalue weighted by Gasteiger charge is 2.05. The topological polar surface area (TPSA) is 57.5 Å². The lowest BCUT2D eigenvalue weighted by Gasteiger charge is -1.93. The van der Waals surface area contributed by atoms with Gasteiger partial charge in [-0.3, -0.25) is 0 Å². The molecule has 0 aromatic heterocycles. The van der Waals surface area contributed by atoms with Crippen molar-refractivity contribution in [3.8, 4) is 0 Å². The summed E-state index contributed by atoms with van der Waals surface area (Å²) >= 11 is 0. The number of aliphatic hydroxyl groups is 1. The van der Waals surface area contributed by atoms with Gasteiger partial charge in [0.05, 0.1) is 0 Å². The summed E-state index contributed by atoms with van der Waals surface area (Å²) in [6.45, 7) is 8.37. The van der Waals surface area contributed by atoms with E-state index in [0.29, 0.717) is 0 Å². The van der Waals surface area contributed by atoms with Gasteiger partial charge in [0.1, 0.15) is 0 Å². The maximum absolute atomic E-state index is 9.79. The average molecular weight is 170 g/mol. The molecule has 0 aromatic carbocycles. The van der Waals surface area contributed by atoms with Crippen molar-refractivity contribution in [3.63, 3.8) is 0 Å². The highest BCUT2D eigenvalue weighted by atomic mass is 16.4. The van der Waals surface area contributed by atoms with Gasteiger partial charge >= 0.3 is 5.97 Å². The Balaban J connectivity index is 0. The van der Waals surface area contributed by atoms with E-state index in [1.54, 1.807) is 19.1 Å². The van der Waals surface area contributed by atoms with E-state index in [2.05, 4.69) is 13.2 Å². The van der Waals surface area contributed by atoms with E-state index in [4.69, 9.17) is 10.2 Å². The van der Waals surface area contributed by atoms with Crippen molar-refractivity contribution in [2.24, 2.45) is 0 Å². The third kappa shape index (κ3) is 11.4. The van der Waals surface area contributed by atoms with Crippen molar-refractivity contribution in [2.75, 3.05) is 0 Å². The van der Waals surface area contributed by atoms with Crippen LogP contribution in [0.4, 0.5) is 0 Å². The Morgan fingerprint density at radius 1 is 1.42 bits per heavy atom. The van der Waals surface area contributed by atoms with Crippen molar-refractivity contribution in [2.45, 2.75) is 13.0 Å². The van der Waals surface area contributed by atoms with Crippen LogP contribution >= 0.6 is 0 Å². The number of aliphatic carboxylic acids is 1. The molecule has 12 heavy (non-hydrogen) atoms. The lowest BCUT2D eigenvalue weighted by atomic mass is 10.3. The predicted molar refractivity (Wildman–Crippen MR) is 48.9 cm³/mol. The molecule has 0 fully saturated rings. The van der Waals surface area contributed by atoms with Crippen molar-refractivity contribution < 1.29 is 15.0 Å². The Labute approximate surface area is 72.3 Å². The van der Waals surface area contributed by atoms with Gasteiger partial charge in [0.15, 0.2) is 6.10 Å². The van der Waals surface area contributed by atoms with Gasteiger partial charge in [-0.15, -0.1) is 0 Å². The first-order valence-electron chi connectivity index (χ1n) is 3.37. The number of hydrogen-bond donors (Lipinski definition) is 2. The first-order chi connectivity index (χ1) is 5.59. The molecular formula is C9H14O3. The fraction of sp³-hybridized carbons (Fsp3) is 0.222. The molecule has 0 amide bonds. The summed E-state index contributed by atoms with van der Waals surface area (Å²) in [6.07, 6.45) is 4.61. The second kappa shape index (κ2) is 9.65. The third-order valence-corrected chi connectivity index (χ3v) is 0.794. The number of aliphatic hydroxyl groups excluding tert-OH is 1. The van der Waals surface area contributed by atoms with E-state index >= 15 is 0 Å². The molecule has 0 aliphatic carbocycles. The van der Waals surface area contributed by atoms with Crippen molar-refractivity contribution in [3.05, 3.63) is 37.5 Å². The van der Waals surface area contributed by atoms with Crippen LogP contribution in [0.2, 0.25) is 0 Å². The number of hydrogen-bond acceptors (Lipinski definition) is 2. The molecule has 0 saturated heterocycles. The number of carboxylic acids is 1. The normalized spacial score (nSPS) is 11.2. The molecule has 0 radical (unpaired) electrons. The van der Waals surface area contributed by atoms with Crippen LogP contribution in [0.5, 0.6) is 0 Å². The molecule has 0 aromatic rings. The van der Waals surface area contributed by atoms with Crippen molar-refractivity contribution >= 4 is 5.97 Å². The predicted octanol–water partition coefficient (Wildman–Crippen LogP) is 1.37. The van der Waals surface area contributed by atoms with Crippen LogP contribution in [0, 0.1) is 0 Å². The summed E-state index contributed by atoms with van der Waals surface area (Å²) in [4.78, 5) is 9.79. The van der Waals surface area contributed by atoms with Gasteiger partial charge in [-0.25, -0.2) is 4.79 Å². The van der Waals surface area contributed by atoms with Crippen LogP contribution in [0.25, 0.3) is 0 Å². The first-order valence-corrected chi connectivity index (χ1v) is 3.37. The average Bonchev–Trinajstić information content (AvgIpc) is 2.05. The first kappa shape index (κ1) is 13.3. The summed E-state index contributed by atoms with van der Waals surface area (Å²) in [5.74, 6) is -1.22. The summed E-state index contributed by atoms with van der Waals surface area (Å²) in [5.41, 5.74) is 0. The standard InChI is InChI=1S/C5H8O3.C4H6/c1-2-3-4(6)5(7)8;1-3-4-2/h2-4,6H,1H3,(H,7,8);3-4H,1-2H2/b3-2+;. The van der Waals surface area contributed by atoms with Gasteiger partial charge < -0.3 is 10.2 Å². The minimum atomic E-state index is -1.35. The van der Waals surface area contributed by atoms with E-state index in [0.717, 1.165) is 0 Å². The summed E-state index contributed by atoms with van der Waals surface area (Å²) in [5, 5.41) is 16.5. The molecule has 2 N–H and O–H groups in total. The van der Waals surface area contributed by atoms with Crippen molar-refractivity contribution in [1.29, 1.82) is 0 Å². The molecule has 0 rings (SSSR count). The molecule has 68 valence electrons. The number of carboxylic acid groups (broad SMARTS) is 1. The van der Waals surface area contributed by atoms with E-state index in [-0.39, 0.29) is 0 Å². The van der Waals surface area contributed by atoms with Gasteiger partial charge in [0, 0.05) is 0 Å². The fourth-order valence-electron chi connectivity index (χ4n) is 0.265. The van der Waals surface area contributed by atoms with Crippen molar-refractivity contribution in [1.82, 2.24) is 0 Å². The van der Waals surface area contributed by atoms with Gasteiger partial charge in [0.25, 0.3) is 0 Å². The molecule has 0 saturated carbocycles. The number of carbonyl (C=O) groups is 1. The molecule has 1 unspecified atom stereocenters. The molecule has 0 spiro atoms. The van der Waals surface area contributed by atoms with Gasteiger partial charge in [-0.05, 0) is 13.0 Å². The summed E-state index contributed by atoms with van der Waals surface area (Å²) in [7, 11) is 0. The number of rotatable bonds is 3. The Hall–Kier alpha value is -1.35. The molecule has 0 aliphatic heterocycles. The smallest absolute Gasteiger partial charge is 0.336 e. The second-order valence-electron chi connectivity index (χ2n) is 1.78. The molecule has 1 atom stereocenters. The Morgan fingerprint density at radius 3 is 1.92 bits per heavy atom. The highest BCUT2D eigenvalue weighted by molar-refractivity contribution is 5.74. The van der Waals surface area contributed by atoms with Crippen LogP contribution in [-0.2, 0) is 4.79 Å². The zero-order valence-electron chi connectivity index (χ0n) is 7.10. The largest absolute Gasteiger partial charge is 0.479 e.